The maximum absolute atomic E-state index is 13.1. The van der Waals surface area contributed by atoms with Gasteiger partial charge in [-0.25, -0.2) is 9.59 Å². The van der Waals surface area contributed by atoms with Crippen LogP contribution in [0.25, 0.3) is 0 Å². The van der Waals surface area contributed by atoms with Crippen LogP contribution in [0.3, 0.4) is 0 Å². The van der Waals surface area contributed by atoms with Crippen molar-refractivity contribution in [2.24, 2.45) is 0 Å². The van der Waals surface area contributed by atoms with E-state index in [0.29, 0.717) is 11.1 Å². The molecule has 0 aliphatic heterocycles. The summed E-state index contributed by atoms with van der Waals surface area (Å²) in [5, 5.41) is 6.06. The summed E-state index contributed by atoms with van der Waals surface area (Å²) in [4.78, 5) is 36.9. The number of ether oxygens (including phenoxy) is 2. The fourth-order valence-electron chi connectivity index (χ4n) is 2.60. The number of alkyl halides is 3. The van der Waals surface area contributed by atoms with Gasteiger partial charge in [-0.05, 0) is 31.9 Å². The molecule has 0 fully saturated rings. The summed E-state index contributed by atoms with van der Waals surface area (Å²) in [6.45, 7) is 4.03. The van der Waals surface area contributed by atoms with Crippen LogP contribution in [0.2, 0.25) is 0 Å². The van der Waals surface area contributed by atoms with E-state index in [1.807, 2.05) is 0 Å². The maximum atomic E-state index is 13.1. The number of hydrogen-bond donors (Lipinski definition) is 1. The van der Waals surface area contributed by atoms with Crippen LogP contribution in [-0.2, 0) is 27.0 Å². The molecule has 12 heteroatoms. The molecule has 0 radical (unpaired) electrons. The lowest BCUT2D eigenvalue weighted by molar-refractivity contribution is -0.144. The smallest absolute Gasteiger partial charge is 0.433 e. The van der Waals surface area contributed by atoms with Gasteiger partial charge in [0, 0.05) is 0 Å². The Hall–Kier alpha value is -2.89. The number of aryl methyl sites for hydroxylation is 1. The number of carbonyl (C=O) groups is 3. The summed E-state index contributed by atoms with van der Waals surface area (Å²) in [5.74, 6) is -2.34. The second-order valence-electron chi connectivity index (χ2n) is 6.26. The van der Waals surface area contributed by atoms with Crippen LogP contribution in [0.5, 0.6) is 0 Å². The number of carbonyl (C=O) groups excluding carboxylic acids is 3. The lowest BCUT2D eigenvalue weighted by atomic mass is 10.1. The third kappa shape index (κ3) is 5.17. The number of hydrogen-bond acceptors (Lipinski definition) is 7. The fraction of sp³-hybridized carbons (Fsp3) is 0.444. The Morgan fingerprint density at radius 3 is 2.47 bits per heavy atom. The van der Waals surface area contributed by atoms with E-state index in [0.717, 1.165) is 24.5 Å². The second-order valence-corrected chi connectivity index (χ2v) is 7.28. The maximum Gasteiger partial charge on any atom is 0.433 e. The molecule has 2 heterocycles. The SMILES string of the molecule is CCCOC(=O)c1c(NC(=O)Cn2nc(C)cc2C(F)(F)F)sc(C(=O)OC)c1C. The van der Waals surface area contributed by atoms with Gasteiger partial charge in [0.25, 0.3) is 0 Å². The van der Waals surface area contributed by atoms with Gasteiger partial charge in [-0.2, -0.15) is 18.3 Å². The van der Waals surface area contributed by atoms with E-state index in [1.54, 1.807) is 6.92 Å². The topological polar surface area (TPSA) is 99.5 Å². The van der Waals surface area contributed by atoms with Crippen LogP contribution < -0.4 is 5.32 Å². The average Bonchev–Trinajstić information content (AvgIpc) is 3.18. The molecule has 0 aliphatic carbocycles. The van der Waals surface area contributed by atoms with Gasteiger partial charge in [0.2, 0.25) is 5.91 Å². The molecule has 30 heavy (non-hydrogen) atoms. The van der Waals surface area contributed by atoms with E-state index in [9.17, 15) is 27.6 Å². The monoisotopic (exact) mass is 447 g/mol. The highest BCUT2D eigenvalue weighted by atomic mass is 32.1. The predicted octanol–water partition coefficient (Wildman–Crippen LogP) is 3.57. The number of aromatic nitrogens is 2. The van der Waals surface area contributed by atoms with Crippen LogP contribution in [0.15, 0.2) is 6.07 Å². The number of esters is 2. The molecule has 0 saturated carbocycles. The van der Waals surface area contributed by atoms with E-state index >= 15 is 0 Å². The Kier molecular flexibility index (Phi) is 7.24. The molecule has 2 aromatic heterocycles. The van der Waals surface area contributed by atoms with E-state index in [1.165, 1.54) is 13.8 Å². The highest BCUT2D eigenvalue weighted by molar-refractivity contribution is 7.18. The summed E-state index contributed by atoms with van der Waals surface area (Å²) in [6, 6.07) is 0.825. The van der Waals surface area contributed by atoms with Crippen molar-refractivity contribution in [3.63, 3.8) is 0 Å². The summed E-state index contributed by atoms with van der Waals surface area (Å²) < 4.78 is 49.6. The number of halogens is 3. The Labute approximate surface area is 174 Å². The van der Waals surface area contributed by atoms with Crippen molar-refractivity contribution in [1.29, 1.82) is 0 Å². The van der Waals surface area contributed by atoms with Gasteiger partial charge in [-0.1, -0.05) is 6.92 Å². The second kappa shape index (κ2) is 9.28. The summed E-state index contributed by atoms with van der Waals surface area (Å²) in [7, 11) is 1.16. The van der Waals surface area contributed by atoms with Crippen LogP contribution >= 0.6 is 11.3 Å². The van der Waals surface area contributed by atoms with Crippen LogP contribution in [0.1, 0.15) is 50.3 Å². The first-order valence-electron chi connectivity index (χ1n) is 8.79. The van der Waals surface area contributed by atoms with Crippen molar-refractivity contribution in [2.45, 2.75) is 39.9 Å². The molecule has 8 nitrogen and oxygen atoms in total. The van der Waals surface area contributed by atoms with E-state index in [-0.39, 0.29) is 33.3 Å². The third-order valence-electron chi connectivity index (χ3n) is 3.90. The highest BCUT2D eigenvalue weighted by Gasteiger charge is 2.36. The molecular formula is C18H20F3N3O5S. The Morgan fingerprint density at radius 1 is 1.23 bits per heavy atom. The number of methoxy groups -OCH3 is 1. The zero-order valence-corrected chi connectivity index (χ0v) is 17.5. The minimum Gasteiger partial charge on any atom is -0.465 e. The minimum absolute atomic E-state index is 0.0172. The summed E-state index contributed by atoms with van der Waals surface area (Å²) >= 11 is 0.775. The van der Waals surface area contributed by atoms with Crippen LogP contribution in [0, 0.1) is 13.8 Å². The molecule has 0 atom stereocenters. The van der Waals surface area contributed by atoms with E-state index in [4.69, 9.17) is 4.74 Å². The highest BCUT2D eigenvalue weighted by Crippen LogP contribution is 2.34. The van der Waals surface area contributed by atoms with Gasteiger partial charge in [-0.3, -0.25) is 9.48 Å². The zero-order valence-electron chi connectivity index (χ0n) is 16.7. The number of thiophene rings is 1. The molecule has 0 aliphatic rings. The average molecular weight is 447 g/mol. The largest absolute Gasteiger partial charge is 0.465 e. The molecule has 1 N–H and O–H groups in total. The summed E-state index contributed by atoms with van der Waals surface area (Å²) in [5.41, 5.74) is -0.779. The zero-order chi connectivity index (χ0) is 22.6. The third-order valence-corrected chi connectivity index (χ3v) is 5.09. The Morgan fingerprint density at radius 2 is 1.90 bits per heavy atom. The minimum atomic E-state index is -4.69. The molecular weight excluding hydrogens is 427 g/mol. The molecule has 2 rings (SSSR count). The first-order valence-corrected chi connectivity index (χ1v) is 9.61. The number of amides is 1. The lowest BCUT2D eigenvalue weighted by Gasteiger charge is -2.11. The number of rotatable bonds is 7. The van der Waals surface area contributed by atoms with Crippen molar-refractivity contribution in [3.8, 4) is 0 Å². The molecule has 0 unspecified atom stereocenters. The number of anilines is 1. The van der Waals surface area contributed by atoms with Gasteiger partial charge < -0.3 is 14.8 Å². The first kappa shape index (κ1) is 23.4. The van der Waals surface area contributed by atoms with E-state index in [2.05, 4.69) is 15.2 Å². The first-order chi connectivity index (χ1) is 14.0. The lowest BCUT2D eigenvalue weighted by Crippen LogP contribution is -2.24. The van der Waals surface area contributed by atoms with Gasteiger partial charge in [-0.15, -0.1) is 11.3 Å². The Balaban J connectivity index is 2.34. The van der Waals surface area contributed by atoms with Crippen LogP contribution in [0.4, 0.5) is 18.2 Å². The quantitative estimate of drug-likeness (QED) is 0.652. The predicted molar refractivity (Wildman–Crippen MR) is 102 cm³/mol. The molecule has 0 bridgehead atoms. The molecule has 2 aromatic rings. The van der Waals surface area contributed by atoms with Crippen molar-refractivity contribution in [1.82, 2.24) is 9.78 Å². The Bertz CT molecular complexity index is 965. The van der Waals surface area contributed by atoms with Crippen molar-refractivity contribution in [2.75, 3.05) is 19.0 Å². The van der Waals surface area contributed by atoms with Gasteiger partial charge in [0.15, 0.2) is 0 Å². The molecule has 0 saturated heterocycles. The van der Waals surface area contributed by atoms with E-state index < -0.39 is 36.3 Å². The normalized spacial score (nSPS) is 11.3. The van der Waals surface area contributed by atoms with Gasteiger partial charge >= 0.3 is 18.1 Å². The van der Waals surface area contributed by atoms with Gasteiger partial charge in [0.1, 0.15) is 22.1 Å². The molecule has 1 amide bonds. The van der Waals surface area contributed by atoms with Crippen molar-refractivity contribution < 1.29 is 37.0 Å². The van der Waals surface area contributed by atoms with Crippen molar-refractivity contribution in [3.05, 3.63) is 33.5 Å². The fourth-order valence-corrected chi connectivity index (χ4v) is 3.73. The number of nitrogens with zero attached hydrogens (tertiary/aromatic N) is 2. The summed E-state index contributed by atoms with van der Waals surface area (Å²) in [6.07, 6.45) is -4.13. The molecule has 0 aromatic carbocycles. The number of nitrogens with one attached hydrogen (secondary N) is 1. The standard InChI is InChI=1S/C18H20F3N3O5S/c1-5-6-29-16(26)13-10(3)14(17(27)28-4)30-15(13)22-12(25)8-24-11(18(19,20)21)7-9(2)23-24/h7H,5-6,8H2,1-4H3,(H,22,25). The van der Waals surface area contributed by atoms with Crippen LogP contribution in [-0.4, -0.2) is 41.3 Å². The molecule has 164 valence electrons. The van der Waals surface area contributed by atoms with Gasteiger partial charge in [0.05, 0.1) is 25.0 Å². The molecule has 0 spiro atoms. The van der Waals surface area contributed by atoms with Crippen molar-refractivity contribution >= 4 is 34.2 Å².